The lowest BCUT2D eigenvalue weighted by Gasteiger charge is -2.23. The maximum absolute atomic E-state index is 10.1. The average molecular weight is 308 g/mol. The van der Waals surface area contributed by atoms with E-state index in [-0.39, 0.29) is 5.92 Å². The monoisotopic (exact) mass is 308 g/mol. The molecule has 1 aromatic carbocycles. The molecule has 0 amide bonds. The van der Waals surface area contributed by atoms with Crippen molar-refractivity contribution in [2.45, 2.75) is 78.4 Å². The van der Waals surface area contributed by atoms with Crippen molar-refractivity contribution in [2.24, 2.45) is 0 Å². The van der Waals surface area contributed by atoms with Gasteiger partial charge in [0.2, 0.25) is 0 Å². The highest BCUT2D eigenvalue weighted by Gasteiger charge is 2.21. The number of hydrogen-bond acceptors (Lipinski definition) is 3. The average Bonchev–Trinajstić information content (AvgIpc) is 2.48. The molecule has 3 unspecified atom stereocenters. The van der Waals surface area contributed by atoms with E-state index in [4.69, 9.17) is 4.74 Å². The second-order valence-electron chi connectivity index (χ2n) is 6.31. The lowest BCUT2D eigenvalue weighted by molar-refractivity contribution is 0.00635. The van der Waals surface area contributed by atoms with Crippen LogP contribution in [0, 0.1) is 13.8 Å². The summed E-state index contributed by atoms with van der Waals surface area (Å²) in [6, 6.07) is 4.12. The third-order valence-electron chi connectivity index (χ3n) is 4.40. The molecule has 0 heterocycles. The number of rotatable bonds is 9. The van der Waals surface area contributed by atoms with Gasteiger partial charge < -0.3 is 14.9 Å². The Balaban J connectivity index is 2.81. The van der Waals surface area contributed by atoms with E-state index in [0.717, 1.165) is 25.2 Å². The van der Waals surface area contributed by atoms with Crippen LogP contribution in [0.3, 0.4) is 0 Å². The molecule has 3 nitrogen and oxygen atoms in total. The Labute approximate surface area is 135 Å². The van der Waals surface area contributed by atoms with E-state index in [1.165, 1.54) is 16.7 Å². The van der Waals surface area contributed by atoms with Crippen molar-refractivity contribution in [3.05, 3.63) is 28.8 Å². The highest BCUT2D eigenvalue weighted by Crippen LogP contribution is 2.31. The fourth-order valence-corrected chi connectivity index (χ4v) is 2.85. The van der Waals surface area contributed by atoms with Crippen molar-refractivity contribution in [2.75, 3.05) is 6.61 Å². The molecule has 0 bridgehead atoms. The standard InChI is InChI=1S/C19H32O3/c1-6-8-17(20)18(21)12-13(3)16-9-10-19(22-11-7-2)15(5)14(16)4/h9-10,13,17-18,20-21H,6-8,11-12H2,1-5H3. The normalized spacial score (nSPS) is 15.4. The predicted octanol–water partition coefficient (Wildman–Crippen LogP) is 4.11. The molecular weight excluding hydrogens is 276 g/mol. The van der Waals surface area contributed by atoms with E-state index in [9.17, 15) is 10.2 Å². The first kappa shape index (κ1) is 19.0. The molecule has 0 aliphatic rings. The minimum atomic E-state index is -0.661. The molecule has 0 saturated carbocycles. The number of aliphatic hydroxyl groups is 2. The Morgan fingerprint density at radius 2 is 1.68 bits per heavy atom. The molecule has 0 aromatic heterocycles. The van der Waals surface area contributed by atoms with Crippen LogP contribution < -0.4 is 4.74 Å². The van der Waals surface area contributed by atoms with Crippen LogP contribution in [0.5, 0.6) is 5.75 Å². The first-order chi connectivity index (χ1) is 10.4. The third-order valence-corrected chi connectivity index (χ3v) is 4.40. The number of ether oxygens (including phenoxy) is 1. The highest BCUT2D eigenvalue weighted by molar-refractivity contribution is 5.44. The zero-order valence-corrected chi connectivity index (χ0v) is 14.7. The summed E-state index contributed by atoms with van der Waals surface area (Å²) in [4.78, 5) is 0. The molecule has 0 fully saturated rings. The second-order valence-corrected chi connectivity index (χ2v) is 6.31. The zero-order valence-electron chi connectivity index (χ0n) is 14.7. The summed E-state index contributed by atoms with van der Waals surface area (Å²) in [5.41, 5.74) is 3.61. The van der Waals surface area contributed by atoms with Gasteiger partial charge in [-0.25, -0.2) is 0 Å². The van der Waals surface area contributed by atoms with Crippen molar-refractivity contribution in [1.82, 2.24) is 0 Å². The highest BCUT2D eigenvalue weighted by atomic mass is 16.5. The first-order valence-corrected chi connectivity index (χ1v) is 8.51. The summed E-state index contributed by atoms with van der Waals surface area (Å²) >= 11 is 0. The van der Waals surface area contributed by atoms with E-state index >= 15 is 0 Å². The van der Waals surface area contributed by atoms with Gasteiger partial charge in [0, 0.05) is 0 Å². The second kappa shape index (κ2) is 9.16. The fourth-order valence-electron chi connectivity index (χ4n) is 2.85. The smallest absolute Gasteiger partial charge is 0.122 e. The van der Waals surface area contributed by atoms with Crippen LogP contribution in [0.25, 0.3) is 0 Å². The largest absolute Gasteiger partial charge is 0.493 e. The molecule has 3 heteroatoms. The van der Waals surface area contributed by atoms with Crippen LogP contribution in [0.15, 0.2) is 12.1 Å². The van der Waals surface area contributed by atoms with E-state index in [1.54, 1.807) is 0 Å². The van der Waals surface area contributed by atoms with Crippen LogP contribution in [-0.4, -0.2) is 29.0 Å². The molecule has 0 radical (unpaired) electrons. The van der Waals surface area contributed by atoms with Crippen LogP contribution in [0.1, 0.15) is 69.1 Å². The lowest BCUT2D eigenvalue weighted by Crippen LogP contribution is -2.27. The fraction of sp³-hybridized carbons (Fsp3) is 0.684. The minimum Gasteiger partial charge on any atom is -0.493 e. The van der Waals surface area contributed by atoms with Gasteiger partial charge in [0.15, 0.2) is 0 Å². The molecule has 126 valence electrons. The SMILES string of the molecule is CCCOc1ccc(C(C)CC(O)C(O)CCC)c(C)c1C. The Morgan fingerprint density at radius 1 is 1.00 bits per heavy atom. The molecule has 1 rings (SSSR count). The van der Waals surface area contributed by atoms with Gasteiger partial charge >= 0.3 is 0 Å². The topological polar surface area (TPSA) is 49.7 Å². The Bertz CT molecular complexity index is 456. The number of aliphatic hydroxyl groups excluding tert-OH is 2. The van der Waals surface area contributed by atoms with Crippen LogP contribution in [0.2, 0.25) is 0 Å². The molecule has 2 N–H and O–H groups in total. The molecule has 0 aliphatic carbocycles. The number of benzene rings is 1. The van der Waals surface area contributed by atoms with Gasteiger partial charge in [-0.1, -0.05) is 33.3 Å². The van der Waals surface area contributed by atoms with Crippen molar-refractivity contribution >= 4 is 0 Å². The molecule has 3 atom stereocenters. The van der Waals surface area contributed by atoms with Gasteiger partial charge in [0.1, 0.15) is 5.75 Å². The van der Waals surface area contributed by atoms with E-state index in [0.29, 0.717) is 12.8 Å². The van der Waals surface area contributed by atoms with Gasteiger partial charge in [-0.05, 0) is 61.8 Å². The number of hydrogen-bond donors (Lipinski definition) is 2. The zero-order chi connectivity index (χ0) is 16.7. The Hall–Kier alpha value is -1.06. The van der Waals surface area contributed by atoms with Crippen molar-refractivity contribution in [3.8, 4) is 5.75 Å². The van der Waals surface area contributed by atoms with Crippen LogP contribution in [0.4, 0.5) is 0 Å². The van der Waals surface area contributed by atoms with Gasteiger partial charge in [-0.3, -0.25) is 0 Å². The Kier molecular flexibility index (Phi) is 7.91. The van der Waals surface area contributed by atoms with Crippen LogP contribution >= 0.6 is 0 Å². The minimum absolute atomic E-state index is 0.209. The van der Waals surface area contributed by atoms with Crippen LogP contribution in [-0.2, 0) is 0 Å². The molecule has 0 spiro atoms. The van der Waals surface area contributed by atoms with E-state index in [1.807, 2.05) is 13.0 Å². The predicted molar refractivity (Wildman–Crippen MR) is 91.7 cm³/mol. The quantitative estimate of drug-likeness (QED) is 0.722. The van der Waals surface area contributed by atoms with Gasteiger partial charge in [-0.15, -0.1) is 0 Å². The van der Waals surface area contributed by atoms with Crippen molar-refractivity contribution in [3.63, 3.8) is 0 Å². The molecule has 1 aromatic rings. The van der Waals surface area contributed by atoms with Crippen molar-refractivity contribution < 1.29 is 14.9 Å². The maximum atomic E-state index is 10.1. The molecule has 0 aliphatic heterocycles. The van der Waals surface area contributed by atoms with E-state index in [2.05, 4.69) is 33.8 Å². The first-order valence-electron chi connectivity index (χ1n) is 8.51. The molecular formula is C19H32O3. The van der Waals surface area contributed by atoms with Gasteiger partial charge in [-0.2, -0.15) is 0 Å². The summed E-state index contributed by atoms with van der Waals surface area (Å²) < 4.78 is 5.76. The maximum Gasteiger partial charge on any atom is 0.122 e. The summed E-state index contributed by atoms with van der Waals surface area (Å²) in [6.07, 6.45) is 1.82. The summed E-state index contributed by atoms with van der Waals surface area (Å²) in [6.45, 7) is 11.1. The Morgan fingerprint density at radius 3 is 2.27 bits per heavy atom. The molecule has 22 heavy (non-hydrogen) atoms. The van der Waals surface area contributed by atoms with Crippen molar-refractivity contribution in [1.29, 1.82) is 0 Å². The lowest BCUT2D eigenvalue weighted by atomic mass is 9.88. The molecule has 0 saturated heterocycles. The van der Waals surface area contributed by atoms with Gasteiger partial charge in [0.25, 0.3) is 0 Å². The van der Waals surface area contributed by atoms with Gasteiger partial charge in [0.05, 0.1) is 18.8 Å². The summed E-state index contributed by atoms with van der Waals surface area (Å²) in [5.74, 6) is 1.15. The summed E-state index contributed by atoms with van der Waals surface area (Å²) in [7, 11) is 0. The third kappa shape index (κ3) is 4.99. The summed E-state index contributed by atoms with van der Waals surface area (Å²) in [5, 5.41) is 20.0. The van der Waals surface area contributed by atoms with E-state index < -0.39 is 12.2 Å².